The summed E-state index contributed by atoms with van der Waals surface area (Å²) in [5.41, 5.74) is 6.72. The molecule has 2 aromatic heterocycles. The van der Waals surface area contributed by atoms with Crippen molar-refractivity contribution in [2.75, 3.05) is 5.73 Å². The Morgan fingerprint density at radius 2 is 2.00 bits per heavy atom. The van der Waals surface area contributed by atoms with Crippen LogP contribution >= 0.6 is 0 Å². The van der Waals surface area contributed by atoms with Crippen molar-refractivity contribution in [2.24, 2.45) is 0 Å². The van der Waals surface area contributed by atoms with Gasteiger partial charge in [-0.1, -0.05) is 5.21 Å². The van der Waals surface area contributed by atoms with E-state index in [1.165, 1.54) is 6.33 Å². The van der Waals surface area contributed by atoms with Gasteiger partial charge in [0.25, 0.3) is 0 Å². The highest BCUT2D eigenvalue weighted by atomic mass is 15.5. The van der Waals surface area contributed by atoms with Crippen molar-refractivity contribution in [3.8, 4) is 0 Å². The first-order valence-electron chi connectivity index (χ1n) is 4.32. The van der Waals surface area contributed by atoms with Crippen LogP contribution in [0.25, 0.3) is 11.2 Å². The van der Waals surface area contributed by atoms with Crippen LogP contribution in [0.2, 0.25) is 0 Å². The summed E-state index contributed by atoms with van der Waals surface area (Å²) in [4.78, 5) is 7.97. The van der Waals surface area contributed by atoms with Crippen LogP contribution in [-0.2, 0) is 5.54 Å². The van der Waals surface area contributed by atoms with Gasteiger partial charge in [0, 0.05) is 0 Å². The first-order valence-corrected chi connectivity index (χ1v) is 4.32. The van der Waals surface area contributed by atoms with Gasteiger partial charge >= 0.3 is 0 Å². The Balaban J connectivity index is 2.76. The van der Waals surface area contributed by atoms with Gasteiger partial charge in [-0.15, -0.1) is 5.10 Å². The predicted molar refractivity (Wildman–Crippen MR) is 52.5 cm³/mol. The largest absolute Gasteiger partial charge is 0.382 e. The third-order valence-electron chi connectivity index (χ3n) is 1.90. The number of rotatable bonds is 0. The zero-order valence-electron chi connectivity index (χ0n) is 8.39. The van der Waals surface area contributed by atoms with Crippen LogP contribution in [0.4, 0.5) is 5.82 Å². The fourth-order valence-electron chi connectivity index (χ4n) is 1.22. The lowest BCUT2D eigenvalue weighted by molar-refractivity contribution is 0.356. The molecule has 0 aliphatic rings. The number of aromatic nitrogens is 5. The number of anilines is 1. The Kier molecular flexibility index (Phi) is 1.67. The summed E-state index contributed by atoms with van der Waals surface area (Å²) < 4.78 is 1.74. The van der Waals surface area contributed by atoms with Crippen LogP contribution in [0.15, 0.2) is 6.33 Å². The van der Waals surface area contributed by atoms with Gasteiger partial charge in [0.15, 0.2) is 17.0 Å². The Labute approximate surface area is 81.1 Å². The maximum Gasteiger partial charge on any atom is 0.184 e. The molecular weight excluding hydrogens is 180 g/mol. The van der Waals surface area contributed by atoms with Crippen LogP contribution < -0.4 is 5.73 Å². The van der Waals surface area contributed by atoms with Gasteiger partial charge in [-0.05, 0) is 20.8 Å². The number of nitrogens with zero attached hydrogens (tertiary/aromatic N) is 5. The predicted octanol–water partition coefficient (Wildman–Crippen LogP) is 0.558. The van der Waals surface area contributed by atoms with Gasteiger partial charge in [-0.25, -0.2) is 14.6 Å². The second kappa shape index (κ2) is 2.63. The fraction of sp³-hybridized carbons (Fsp3) is 0.500. The monoisotopic (exact) mass is 192 g/mol. The first kappa shape index (κ1) is 8.86. The molecule has 0 aliphatic carbocycles. The summed E-state index contributed by atoms with van der Waals surface area (Å²) in [5, 5.41) is 7.96. The third kappa shape index (κ3) is 1.19. The highest BCUT2D eigenvalue weighted by Gasteiger charge is 2.19. The summed E-state index contributed by atoms with van der Waals surface area (Å²) >= 11 is 0. The second-order valence-electron chi connectivity index (χ2n) is 4.10. The van der Waals surface area contributed by atoms with Crippen molar-refractivity contribution in [1.29, 1.82) is 0 Å². The molecule has 0 amide bonds. The molecule has 2 heterocycles. The lowest BCUT2D eigenvalue weighted by atomic mass is 10.1. The lowest BCUT2D eigenvalue weighted by Crippen LogP contribution is -2.23. The molecule has 0 bridgehead atoms. The minimum absolute atomic E-state index is 0.157. The lowest BCUT2D eigenvalue weighted by Gasteiger charge is -2.18. The molecule has 6 heteroatoms. The zero-order valence-corrected chi connectivity index (χ0v) is 8.39. The SMILES string of the molecule is CC(C)(C)n1nnc2c(N)ncnc21. The molecule has 2 N–H and O–H groups in total. The van der Waals surface area contributed by atoms with E-state index in [9.17, 15) is 0 Å². The van der Waals surface area contributed by atoms with Crippen molar-refractivity contribution in [2.45, 2.75) is 26.3 Å². The molecule has 0 radical (unpaired) electrons. The van der Waals surface area contributed by atoms with Crippen LogP contribution in [0.3, 0.4) is 0 Å². The molecule has 2 rings (SSSR count). The smallest absolute Gasteiger partial charge is 0.184 e. The van der Waals surface area contributed by atoms with Crippen molar-refractivity contribution in [3.05, 3.63) is 6.33 Å². The average molecular weight is 192 g/mol. The standard InChI is InChI=1S/C8H12N6/c1-8(2,3)14-7-5(12-13-14)6(9)10-4-11-7/h4H,1-3H3,(H2,9,10,11). The van der Waals surface area contributed by atoms with E-state index in [-0.39, 0.29) is 5.54 Å². The molecular formula is C8H12N6. The Morgan fingerprint density at radius 1 is 1.29 bits per heavy atom. The average Bonchev–Trinajstić information content (AvgIpc) is 2.47. The third-order valence-corrected chi connectivity index (χ3v) is 1.90. The quantitative estimate of drug-likeness (QED) is 0.659. The van der Waals surface area contributed by atoms with Crippen molar-refractivity contribution in [3.63, 3.8) is 0 Å². The Hall–Kier alpha value is -1.72. The number of hydrogen-bond donors (Lipinski definition) is 1. The number of fused-ring (bicyclic) bond motifs is 1. The van der Waals surface area contributed by atoms with Crippen molar-refractivity contribution >= 4 is 17.0 Å². The van der Waals surface area contributed by atoms with Gasteiger partial charge in [0.1, 0.15) is 6.33 Å². The maximum atomic E-state index is 5.65. The molecule has 0 saturated carbocycles. The minimum Gasteiger partial charge on any atom is -0.382 e. The van der Waals surface area contributed by atoms with Crippen LogP contribution in [0, 0.1) is 0 Å². The van der Waals surface area contributed by atoms with E-state index in [1.807, 2.05) is 20.8 Å². The van der Waals surface area contributed by atoms with Gasteiger partial charge in [-0.3, -0.25) is 0 Å². The van der Waals surface area contributed by atoms with E-state index in [1.54, 1.807) is 4.68 Å². The van der Waals surface area contributed by atoms with E-state index in [4.69, 9.17) is 5.73 Å². The highest BCUT2D eigenvalue weighted by Crippen LogP contribution is 2.19. The molecule has 14 heavy (non-hydrogen) atoms. The Morgan fingerprint density at radius 3 is 2.64 bits per heavy atom. The fourth-order valence-corrected chi connectivity index (χ4v) is 1.22. The normalized spacial score (nSPS) is 12.2. The second-order valence-corrected chi connectivity index (χ2v) is 4.10. The maximum absolute atomic E-state index is 5.65. The molecule has 0 saturated heterocycles. The van der Waals surface area contributed by atoms with Crippen LogP contribution in [0.5, 0.6) is 0 Å². The number of nitrogen functional groups attached to an aromatic ring is 1. The summed E-state index contributed by atoms with van der Waals surface area (Å²) in [6, 6.07) is 0. The summed E-state index contributed by atoms with van der Waals surface area (Å²) in [7, 11) is 0. The van der Waals surface area contributed by atoms with Gasteiger partial charge < -0.3 is 5.73 Å². The van der Waals surface area contributed by atoms with Crippen LogP contribution in [-0.4, -0.2) is 25.0 Å². The molecule has 0 unspecified atom stereocenters. The van der Waals surface area contributed by atoms with E-state index >= 15 is 0 Å². The molecule has 0 aliphatic heterocycles. The van der Waals surface area contributed by atoms with Crippen molar-refractivity contribution in [1.82, 2.24) is 25.0 Å². The molecule has 2 aromatic rings. The van der Waals surface area contributed by atoms with Crippen molar-refractivity contribution < 1.29 is 0 Å². The molecule has 0 atom stereocenters. The number of nitrogens with two attached hydrogens (primary N) is 1. The van der Waals surface area contributed by atoms with Gasteiger partial charge in [0.05, 0.1) is 5.54 Å². The summed E-state index contributed by atoms with van der Waals surface area (Å²) in [6.07, 6.45) is 1.42. The van der Waals surface area contributed by atoms with E-state index in [0.29, 0.717) is 17.0 Å². The van der Waals surface area contributed by atoms with E-state index < -0.39 is 0 Å². The highest BCUT2D eigenvalue weighted by molar-refractivity contribution is 5.80. The summed E-state index contributed by atoms with van der Waals surface area (Å²) in [5.74, 6) is 0.366. The molecule has 6 nitrogen and oxygen atoms in total. The molecule has 0 fully saturated rings. The minimum atomic E-state index is -0.157. The first-order chi connectivity index (χ1) is 6.50. The Bertz CT molecular complexity index is 466. The molecule has 74 valence electrons. The topological polar surface area (TPSA) is 82.5 Å². The number of hydrogen-bond acceptors (Lipinski definition) is 5. The zero-order chi connectivity index (χ0) is 10.3. The van der Waals surface area contributed by atoms with Crippen LogP contribution in [0.1, 0.15) is 20.8 Å². The molecule has 0 aromatic carbocycles. The van der Waals surface area contributed by atoms with Gasteiger partial charge in [-0.2, -0.15) is 0 Å². The van der Waals surface area contributed by atoms with Gasteiger partial charge in [0.2, 0.25) is 0 Å². The summed E-state index contributed by atoms with van der Waals surface area (Å²) in [6.45, 7) is 6.08. The van der Waals surface area contributed by atoms with E-state index in [2.05, 4.69) is 20.3 Å². The molecule has 0 spiro atoms. The van der Waals surface area contributed by atoms with E-state index in [0.717, 1.165) is 0 Å².